The van der Waals surface area contributed by atoms with E-state index in [2.05, 4.69) is 5.32 Å². The Labute approximate surface area is 204 Å². The highest BCUT2D eigenvalue weighted by Crippen LogP contribution is 2.42. The summed E-state index contributed by atoms with van der Waals surface area (Å²) < 4.78 is 41.1. The number of rotatable bonds is 9. The molecular formula is C26H28FN3O4S. The number of carbonyl (C=O) groups excluding carboxylic acids is 2. The lowest BCUT2D eigenvalue weighted by molar-refractivity contribution is -0.141. The molecule has 1 N–H and O–H groups in total. The predicted octanol–water partition coefficient (Wildman–Crippen LogP) is 3.82. The molecule has 0 aromatic heterocycles. The second-order valence-corrected chi connectivity index (χ2v) is 10.3. The van der Waals surface area contributed by atoms with E-state index in [0.717, 1.165) is 5.39 Å². The van der Waals surface area contributed by atoms with E-state index in [0.29, 0.717) is 23.1 Å². The topological polar surface area (TPSA) is 86.8 Å². The average Bonchev–Trinajstić information content (AvgIpc) is 3.08. The number of halogens is 1. The van der Waals surface area contributed by atoms with Gasteiger partial charge in [0.25, 0.3) is 10.0 Å². The summed E-state index contributed by atoms with van der Waals surface area (Å²) >= 11 is 0. The molecule has 1 aliphatic rings. The summed E-state index contributed by atoms with van der Waals surface area (Å²) in [7, 11) is -2.18. The number of likely N-dealkylation sites (N-methyl/N-ethyl adjacent to an activating group) is 1. The normalized spacial score (nSPS) is 14.7. The molecule has 184 valence electrons. The summed E-state index contributed by atoms with van der Waals surface area (Å²) in [5.41, 5.74) is 1.32. The Hall–Kier alpha value is -3.46. The van der Waals surface area contributed by atoms with Crippen LogP contribution in [-0.2, 0) is 26.2 Å². The summed E-state index contributed by atoms with van der Waals surface area (Å²) in [5, 5.41) is 4.15. The number of hydrogen-bond donors (Lipinski definition) is 1. The Morgan fingerprint density at radius 1 is 1.06 bits per heavy atom. The number of nitrogens with zero attached hydrogens (tertiary/aromatic N) is 2. The Morgan fingerprint density at radius 3 is 2.40 bits per heavy atom. The molecule has 1 heterocycles. The van der Waals surface area contributed by atoms with Crippen LogP contribution < -0.4 is 9.62 Å². The first-order chi connectivity index (χ1) is 16.8. The molecule has 0 saturated carbocycles. The van der Waals surface area contributed by atoms with Crippen molar-refractivity contribution < 1.29 is 22.4 Å². The summed E-state index contributed by atoms with van der Waals surface area (Å²) in [6.45, 7) is 2.11. The Morgan fingerprint density at radius 2 is 1.74 bits per heavy atom. The molecule has 0 spiro atoms. The molecule has 1 unspecified atom stereocenters. The lowest BCUT2D eigenvalue weighted by atomic mass is 10.1. The van der Waals surface area contributed by atoms with Gasteiger partial charge in [0.1, 0.15) is 11.9 Å². The first-order valence-electron chi connectivity index (χ1n) is 11.6. The third kappa shape index (κ3) is 4.73. The second kappa shape index (κ2) is 10.0. The number of anilines is 1. The van der Waals surface area contributed by atoms with Gasteiger partial charge in [-0.05, 0) is 48.1 Å². The average molecular weight is 498 g/mol. The van der Waals surface area contributed by atoms with Crippen molar-refractivity contribution in [1.29, 1.82) is 0 Å². The van der Waals surface area contributed by atoms with Crippen LogP contribution in [0.3, 0.4) is 0 Å². The number of sulfonamides is 1. The zero-order chi connectivity index (χ0) is 25.2. The number of amides is 2. The first-order valence-corrected chi connectivity index (χ1v) is 13.0. The maximum Gasteiger partial charge on any atom is 0.265 e. The van der Waals surface area contributed by atoms with Crippen LogP contribution in [0.15, 0.2) is 65.6 Å². The van der Waals surface area contributed by atoms with Gasteiger partial charge in [-0.3, -0.25) is 13.9 Å². The molecular weight excluding hydrogens is 469 g/mol. The van der Waals surface area contributed by atoms with Crippen LogP contribution in [0.25, 0.3) is 10.8 Å². The van der Waals surface area contributed by atoms with Crippen LogP contribution in [0.4, 0.5) is 10.1 Å². The van der Waals surface area contributed by atoms with Crippen molar-refractivity contribution in [3.8, 4) is 0 Å². The Balaban J connectivity index is 1.51. The number of carbonyl (C=O) groups is 2. The third-order valence-corrected chi connectivity index (χ3v) is 8.19. The summed E-state index contributed by atoms with van der Waals surface area (Å²) in [4.78, 5) is 27.5. The molecule has 0 fully saturated rings. The van der Waals surface area contributed by atoms with Crippen LogP contribution in [0.2, 0.25) is 0 Å². The highest BCUT2D eigenvalue weighted by Gasteiger charge is 2.35. The van der Waals surface area contributed by atoms with Gasteiger partial charge >= 0.3 is 0 Å². The predicted molar refractivity (Wildman–Crippen MR) is 133 cm³/mol. The zero-order valence-electron chi connectivity index (χ0n) is 19.7. The summed E-state index contributed by atoms with van der Waals surface area (Å²) in [6.07, 6.45) is 0.754. The van der Waals surface area contributed by atoms with E-state index in [-0.39, 0.29) is 48.5 Å². The fourth-order valence-corrected chi connectivity index (χ4v) is 6.34. The van der Waals surface area contributed by atoms with Gasteiger partial charge in [-0.25, -0.2) is 12.8 Å². The highest BCUT2D eigenvalue weighted by molar-refractivity contribution is 7.93. The van der Waals surface area contributed by atoms with E-state index < -0.39 is 16.1 Å². The minimum Gasteiger partial charge on any atom is -0.357 e. The molecule has 3 aromatic carbocycles. The molecule has 0 aliphatic carbocycles. The fraction of sp³-hybridized carbons (Fsp3) is 0.308. The molecule has 7 nitrogen and oxygen atoms in total. The first kappa shape index (κ1) is 24.7. The third-order valence-electron chi connectivity index (χ3n) is 6.33. The van der Waals surface area contributed by atoms with Crippen LogP contribution in [0, 0.1) is 5.82 Å². The summed E-state index contributed by atoms with van der Waals surface area (Å²) in [6, 6.07) is 15.8. The number of hydrogen-bond acceptors (Lipinski definition) is 4. The van der Waals surface area contributed by atoms with Gasteiger partial charge < -0.3 is 10.2 Å². The summed E-state index contributed by atoms with van der Waals surface area (Å²) in [5.74, 6) is -0.933. The molecule has 3 aromatic rings. The standard InChI is InChI=1S/C26H28FN3O4S/c1-3-21(26(32)28-2)29(17-18-12-14-20(27)15-13-18)24(31)11-6-16-30-22-9-4-7-19-8-5-10-23(25(19)22)35(30,33)34/h4-5,7-10,12-15,21H,3,6,11,16-17H2,1-2H3,(H,28,32). The fourth-order valence-electron chi connectivity index (χ4n) is 4.59. The minimum absolute atomic E-state index is 0.0625. The molecule has 4 rings (SSSR count). The van der Waals surface area contributed by atoms with Crippen molar-refractivity contribution in [3.05, 3.63) is 72.0 Å². The number of benzene rings is 3. The van der Waals surface area contributed by atoms with Gasteiger partial charge in [0.2, 0.25) is 11.8 Å². The number of nitrogens with one attached hydrogen (secondary N) is 1. The van der Waals surface area contributed by atoms with Gasteiger partial charge in [0.05, 0.1) is 10.6 Å². The molecule has 0 saturated heterocycles. The molecule has 1 atom stereocenters. The van der Waals surface area contributed by atoms with E-state index in [1.54, 1.807) is 30.3 Å². The van der Waals surface area contributed by atoms with Gasteiger partial charge in [-0.1, -0.05) is 43.3 Å². The van der Waals surface area contributed by atoms with Crippen LogP contribution >= 0.6 is 0 Å². The smallest absolute Gasteiger partial charge is 0.265 e. The van der Waals surface area contributed by atoms with Crippen molar-refractivity contribution in [3.63, 3.8) is 0 Å². The Kier molecular flexibility index (Phi) is 7.07. The van der Waals surface area contributed by atoms with E-state index >= 15 is 0 Å². The molecule has 35 heavy (non-hydrogen) atoms. The van der Waals surface area contributed by atoms with Crippen LogP contribution in [0.1, 0.15) is 31.7 Å². The van der Waals surface area contributed by atoms with Crippen LogP contribution in [0.5, 0.6) is 0 Å². The maximum absolute atomic E-state index is 13.3. The molecule has 0 radical (unpaired) electrons. The van der Waals surface area contributed by atoms with Gasteiger partial charge in [-0.2, -0.15) is 0 Å². The van der Waals surface area contributed by atoms with Gasteiger partial charge in [-0.15, -0.1) is 0 Å². The maximum atomic E-state index is 13.3. The van der Waals surface area contributed by atoms with Crippen molar-refractivity contribution in [1.82, 2.24) is 10.2 Å². The lowest BCUT2D eigenvalue weighted by Crippen LogP contribution is -2.48. The monoisotopic (exact) mass is 497 g/mol. The van der Waals surface area contributed by atoms with Crippen LogP contribution in [-0.4, -0.2) is 44.8 Å². The van der Waals surface area contributed by atoms with Crippen molar-refractivity contribution in [2.45, 2.75) is 43.7 Å². The van der Waals surface area contributed by atoms with Gasteiger partial charge in [0.15, 0.2) is 0 Å². The molecule has 1 aliphatic heterocycles. The van der Waals surface area contributed by atoms with E-state index in [4.69, 9.17) is 0 Å². The minimum atomic E-state index is -3.70. The van der Waals surface area contributed by atoms with Crippen molar-refractivity contribution >= 4 is 38.3 Å². The Bertz CT molecular complexity index is 1350. The highest BCUT2D eigenvalue weighted by atomic mass is 32.2. The largest absolute Gasteiger partial charge is 0.357 e. The molecule has 0 bridgehead atoms. The molecule has 9 heteroatoms. The SMILES string of the molecule is CCC(C(=O)NC)N(Cc1ccc(F)cc1)C(=O)CCCN1c2cccc3cccc(c23)S1(=O)=O. The van der Waals surface area contributed by atoms with E-state index in [1.165, 1.54) is 28.4 Å². The van der Waals surface area contributed by atoms with Gasteiger partial charge in [0, 0.05) is 31.9 Å². The quantitative estimate of drug-likeness (QED) is 0.487. The van der Waals surface area contributed by atoms with Crippen molar-refractivity contribution in [2.75, 3.05) is 17.9 Å². The lowest BCUT2D eigenvalue weighted by Gasteiger charge is -2.30. The van der Waals surface area contributed by atoms with E-state index in [9.17, 15) is 22.4 Å². The van der Waals surface area contributed by atoms with E-state index in [1.807, 2.05) is 25.1 Å². The molecule has 2 amide bonds. The second-order valence-electron chi connectivity index (χ2n) is 8.50. The zero-order valence-corrected chi connectivity index (χ0v) is 20.5. The van der Waals surface area contributed by atoms with Crippen molar-refractivity contribution in [2.24, 2.45) is 0 Å².